The molecule has 1 atom stereocenters. The summed E-state index contributed by atoms with van der Waals surface area (Å²) < 4.78 is 29.9. The number of rotatable bonds is 4. The van der Waals surface area contributed by atoms with Crippen molar-refractivity contribution >= 4 is 17.5 Å². The molecule has 1 unspecified atom stereocenters. The molecular weight excluding hydrogens is 348 g/mol. The monoisotopic (exact) mass is 367 g/mol. The lowest BCUT2D eigenvalue weighted by Gasteiger charge is -2.34. The Morgan fingerprint density at radius 2 is 2.08 bits per heavy atom. The zero-order valence-corrected chi connectivity index (χ0v) is 15.0. The minimum Gasteiger partial charge on any atom is -0.334 e. The molecule has 0 saturated heterocycles. The van der Waals surface area contributed by atoms with Crippen molar-refractivity contribution in [2.24, 2.45) is 7.05 Å². The Bertz CT molecular complexity index is 786. The van der Waals surface area contributed by atoms with Gasteiger partial charge in [-0.15, -0.1) is 11.6 Å². The number of aryl methyl sites for hydroxylation is 1. The summed E-state index contributed by atoms with van der Waals surface area (Å²) >= 11 is 5.74. The summed E-state index contributed by atoms with van der Waals surface area (Å²) in [6.45, 7) is 1.89. The molecule has 1 aliphatic rings. The molecule has 1 aromatic carbocycles. The predicted octanol–water partition coefficient (Wildman–Crippen LogP) is 3.13. The van der Waals surface area contributed by atoms with Gasteiger partial charge >= 0.3 is 0 Å². The van der Waals surface area contributed by atoms with Crippen LogP contribution >= 0.6 is 11.6 Å². The molecule has 0 bridgehead atoms. The number of aromatic nitrogens is 2. The number of carbonyl (C=O) groups is 1. The molecule has 4 nitrogen and oxygen atoms in total. The molecule has 3 rings (SSSR count). The number of alkyl halides is 1. The highest BCUT2D eigenvalue weighted by Crippen LogP contribution is 2.28. The van der Waals surface area contributed by atoms with Crippen molar-refractivity contribution in [3.8, 4) is 0 Å². The van der Waals surface area contributed by atoms with Crippen LogP contribution in [-0.2, 0) is 31.2 Å². The van der Waals surface area contributed by atoms with Gasteiger partial charge in [-0.3, -0.25) is 9.48 Å². The first-order valence-corrected chi connectivity index (χ1v) is 8.75. The highest BCUT2D eigenvalue weighted by molar-refractivity contribution is 6.27. The van der Waals surface area contributed by atoms with E-state index in [-0.39, 0.29) is 29.9 Å². The molecule has 1 aromatic heterocycles. The summed E-state index contributed by atoms with van der Waals surface area (Å²) in [7, 11) is 1.89. The minimum absolute atomic E-state index is 0.107. The molecule has 134 valence electrons. The lowest BCUT2D eigenvalue weighted by atomic mass is 9.90. The first kappa shape index (κ1) is 17.9. The fourth-order valence-corrected chi connectivity index (χ4v) is 3.62. The quantitative estimate of drug-likeness (QED) is 0.779. The Morgan fingerprint density at radius 3 is 2.72 bits per heavy atom. The third-order valence-corrected chi connectivity index (χ3v) is 5.19. The van der Waals surface area contributed by atoms with Gasteiger partial charge in [-0.05, 0) is 37.5 Å². The third kappa shape index (κ3) is 3.40. The van der Waals surface area contributed by atoms with Crippen molar-refractivity contribution in [1.82, 2.24) is 14.7 Å². The van der Waals surface area contributed by atoms with Crippen LogP contribution in [0.3, 0.4) is 0 Å². The van der Waals surface area contributed by atoms with Crippen LogP contribution in [0.1, 0.15) is 28.9 Å². The van der Waals surface area contributed by atoms with Gasteiger partial charge in [0, 0.05) is 30.8 Å². The molecule has 0 radical (unpaired) electrons. The second-order valence-corrected chi connectivity index (χ2v) is 6.65. The van der Waals surface area contributed by atoms with Gasteiger partial charge in [-0.2, -0.15) is 5.10 Å². The molecule has 0 spiro atoms. The first-order chi connectivity index (χ1) is 11.9. The number of hydrogen-bond acceptors (Lipinski definition) is 2. The second-order valence-electron chi connectivity index (χ2n) is 6.39. The average Bonchev–Trinajstić information content (AvgIpc) is 2.88. The zero-order chi connectivity index (χ0) is 18.1. The molecule has 0 saturated carbocycles. The maximum absolute atomic E-state index is 14.0. The van der Waals surface area contributed by atoms with Crippen molar-refractivity contribution in [1.29, 1.82) is 0 Å². The van der Waals surface area contributed by atoms with Gasteiger partial charge in [-0.1, -0.05) is 6.07 Å². The van der Waals surface area contributed by atoms with Gasteiger partial charge in [0.05, 0.1) is 12.2 Å². The first-order valence-electron chi connectivity index (χ1n) is 8.22. The summed E-state index contributed by atoms with van der Waals surface area (Å²) in [5.74, 6) is -1.86. The number of hydrogen-bond donors (Lipinski definition) is 0. The van der Waals surface area contributed by atoms with E-state index in [4.69, 9.17) is 11.6 Å². The number of carbonyl (C=O) groups excluding carboxylic acids is 1. The maximum Gasteiger partial charge on any atom is 0.238 e. The Kier molecular flexibility index (Phi) is 5.08. The Balaban J connectivity index is 1.88. The van der Waals surface area contributed by atoms with Crippen LogP contribution in [0.5, 0.6) is 0 Å². The average molecular weight is 368 g/mol. The molecule has 25 heavy (non-hydrogen) atoms. The fraction of sp³-hybridized carbons (Fsp3) is 0.444. The number of benzene rings is 1. The van der Waals surface area contributed by atoms with E-state index in [9.17, 15) is 13.6 Å². The van der Waals surface area contributed by atoms with Gasteiger partial charge in [0.1, 0.15) is 17.5 Å². The Labute approximate surface area is 150 Å². The van der Waals surface area contributed by atoms with Crippen molar-refractivity contribution in [2.45, 2.75) is 38.8 Å². The molecule has 2 aromatic rings. The summed E-state index contributed by atoms with van der Waals surface area (Å²) in [5, 5.41) is 4.51. The lowest BCUT2D eigenvalue weighted by molar-refractivity contribution is -0.131. The van der Waals surface area contributed by atoms with E-state index in [2.05, 4.69) is 5.10 Å². The molecule has 7 heteroatoms. The largest absolute Gasteiger partial charge is 0.334 e. The highest BCUT2D eigenvalue weighted by Gasteiger charge is 2.31. The van der Waals surface area contributed by atoms with Gasteiger partial charge in [0.15, 0.2) is 0 Å². The van der Waals surface area contributed by atoms with E-state index in [0.29, 0.717) is 6.42 Å². The maximum atomic E-state index is 14.0. The predicted molar refractivity (Wildman–Crippen MR) is 91.4 cm³/mol. The SMILES string of the molecule is Cc1c2c(nn1C)CC(N(Cc1c(F)cccc1F)C(=O)CCl)CC2. The van der Waals surface area contributed by atoms with Crippen molar-refractivity contribution < 1.29 is 13.6 Å². The van der Waals surface area contributed by atoms with E-state index in [1.165, 1.54) is 28.7 Å². The summed E-state index contributed by atoms with van der Waals surface area (Å²) in [6, 6.07) is 3.53. The second kappa shape index (κ2) is 7.12. The Hall–Kier alpha value is -1.95. The van der Waals surface area contributed by atoms with Crippen LogP contribution in [0.4, 0.5) is 8.78 Å². The van der Waals surface area contributed by atoms with Gasteiger partial charge in [0.2, 0.25) is 5.91 Å². The van der Waals surface area contributed by atoms with Gasteiger partial charge < -0.3 is 4.90 Å². The third-order valence-electron chi connectivity index (χ3n) is 4.96. The molecule has 1 amide bonds. The van der Waals surface area contributed by atoms with Crippen LogP contribution in [0, 0.1) is 18.6 Å². The van der Waals surface area contributed by atoms with Crippen molar-refractivity contribution in [3.63, 3.8) is 0 Å². The lowest BCUT2D eigenvalue weighted by Crippen LogP contribution is -2.44. The van der Waals surface area contributed by atoms with E-state index in [1.807, 2.05) is 18.7 Å². The number of nitrogens with zero attached hydrogens (tertiary/aromatic N) is 3. The normalized spacial score (nSPS) is 16.6. The zero-order valence-electron chi connectivity index (χ0n) is 14.2. The van der Waals surface area contributed by atoms with E-state index in [1.54, 1.807) is 0 Å². The van der Waals surface area contributed by atoms with Gasteiger partial charge in [-0.25, -0.2) is 8.78 Å². The molecule has 0 fully saturated rings. The summed E-state index contributed by atoms with van der Waals surface area (Å²) in [5.41, 5.74) is 3.15. The van der Waals surface area contributed by atoms with E-state index in [0.717, 1.165) is 24.2 Å². The highest BCUT2D eigenvalue weighted by atomic mass is 35.5. The Morgan fingerprint density at radius 1 is 1.40 bits per heavy atom. The summed E-state index contributed by atoms with van der Waals surface area (Å²) in [6.07, 6.45) is 2.07. The topological polar surface area (TPSA) is 38.1 Å². The van der Waals surface area contributed by atoms with E-state index >= 15 is 0 Å². The van der Waals surface area contributed by atoms with Crippen molar-refractivity contribution in [2.75, 3.05) is 5.88 Å². The summed E-state index contributed by atoms with van der Waals surface area (Å²) in [4.78, 5) is 13.8. The molecule has 1 heterocycles. The van der Waals surface area contributed by atoms with Crippen LogP contribution in [0.2, 0.25) is 0 Å². The van der Waals surface area contributed by atoms with Crippen molar-refractivity contribution in [3.05, 3.63) is 52.3 Å². The number of fused-ring (bicyclic) bond motifs is 1. The number of halogens is 3. The number of amides is 1. The fourth-order valence-electron chi connectivity index (χ4n) is 3.46. The van der Waals surface area contributed by atoms with E-state index < -0.39 is 11.6 Å². The minimum atomic E-state index is -0.655. The van der Waals surface area contributed by atoms with Crippen LogP contribution in [0.25, 0.3) is 0 Å². The molecule has 0 aliphatic heterocycles. The molecule has 0 N–H and O–H groups in total. The standard InChI is InChI=1S/C18H20ClF2N3O/c1-11-13-7-6-12(8-17(13)22-23(11)2)24(18(25)9-19)10-14-15(20)4-3-5-16(14)21/h3-5,12H,6-10H2,1-2H3. The smallest absolute Gasteiger partial charge is 0.238 e. The van der Waals surface area contributed by atoms with Crippen LogP contribution < -0.4 is 0 Å². The van der Waals surface area contributed by atoms with Gasteiger partial charge in [0.25, 0.3) is 0 Å². The molecular formula is C18H20ClF2N3O. The van der Waals surface area contributed by atoms with Crippen LogP contribution in [-0.4, -0.2) is 32.5 Å². The molecule has 1 aliphatic carbocycles. The van der Waals surface area contributed by atoms with Crippen LogP contribution in [0.15, 0.2) is 18.2 Å².